The minimum Gasteiger partial charge on any atom is -0.357 e. The molecule has 1 aromatic heterocycles. The molecule has 0 unspecified atom stereocenters. The van der Waals surface area contributed by atoms with Crippen LogP contribution in [0.5, 0.6) is 0 Å². The highest BCUT2D eigenvalue weighted by Gasteiger charge is 2.01. The van der Waals surface area contributed by atoms with Crippen LogP contribution in [0.25, 0.3) is 10.9 Å². The van der Waals surface area contributed by atoms with Crippen LogP contribution in [0.15, 0.2) is 41.5 Å². The molecule has 0 atom stereocenters. The number of aromatic nitrogens is 1. The summed E-state index contributed by atoms with van der Waals surface area (Å²) >= 11 is 0. The van der Waals surface area contributed by atoms with Crippen molar-refractivity contribution in [1.82, 2.24) is 15.6 Å². The van der Waals surface area contributed by atoms with E-state index in [-0.39, 0.29) is 24.0 Å². The molecule has 21 heavy (non-hydrogen) atoms. The smallest absolute Gasteiger partial charge is 0.191 e. The van der Waals surface area contributed by atoms with Crippen LogP contribution in [0.1, 0.15) is 25.8 Å². The van der Waals surface area contributed by atoms with Crippen LogP contribution in [-0.4, -0.2) is 24.0 Å². The van der Waals surface area contributed by atoms with Crippen LogP contribution in [0, 0.1) is 0 Å². The first-order chi connectivity index (χ1) is 9.85. The first kappa shape index (κ1) is 17.7. The van der Waals surface area contributed by atoms with E-state index < -0.39 is 0 Å². The average Bonchev–Trinajstić information content (AvgIpc) is 2.50. The van der Waals surface area contributed by atoms with E-state index in [1.165, 1.54) is 10.9 Å². The predicted molar refractivity (Wildman–Crippen MR) is 100 cm³/mol. The van der Waals surface area contributed by atoms with E-state index in [9.17, 15) is 0 Å². The number of rotatable bonds is 5. The monoisotopic (exact) mass is 398 g/mol. The summed E-state index contributed by atoms with van der Waals surface area (Å²) in [6.07, 6.45) is 2.93. The second kappa shape index (κ2) is 9.55. The van der Waals surface area contributed by atoms with Gasteiger partial charge in [-0.2, -0.15) is 0 Å². The van der Waals surface area contributed by atoms with Gasteiger partial charge in [0.2, 0.25) is 0 Å². The molecule has 114 valence electrons. The molecule has 0 bridgehead atoms. The molecule has 5 heteroatoms. The van der Waals surface area contributed by atoms with Gasteiger partial charge in [-0.1, -0.05) is 25.1 Å². The first-order valence-electron chi connectivity index (χ1n) is 7.20. The van der Waals surface area contributed by atoms with Crippen molar-refractivity contribution in [3.63, 3.8) is 0 Å². The third-order valence-electron chi connectivity index (χ3n) is 3.03. The summed E-state index contributed by atoms with van der Waals surface area (Å²) in [5.74, 6) is 0.871. The van der Waals surface area contributed by atoms with Crippen molar-refractivity contribution in [3.05, 3.63) is 42.1 Å². The summed E-state index contributed by atoms with van der Waals surface area (Å²) in [5, 5.41) is 7.74. The molecule has 2 aromatic rings. The second-order valence-corrected chi connectivity index (χ2v) is 4.61. The van der Waals surface area contributed by atoms with Gasteiger partial charge in [-0.05, 0) is 31.0 Å². The van der Waals surface area contributed by atoms with Crippen molar-refractivity contribution in [2.24, 2.45) is 4.99 Å². The van der Waals surface area contributed by atoms with Crippen molar-refractivity contribution in [2.45, 2.75) is 26.8 Å². The van der Waals surface area contributed by atoms with E-state index in [2.05, 4.69) is 40.5 Å². The quantitative estimate of drug-likeness (QED) is 0.462. The molecule has 0 aliphatic carbocycles. The highest BCUT2D eigenvalue weighted by Crippen LogP contribution is 2.16. The number of nitrogens with one attached hydrogen (secondary N) is 2. The highest BCUT2D eigenvalue weighted by molar-refractivity contribution is 14.0. The zero-order valence-electron chi connectivity index (χ0n) is 12.6. The fourth-order valence-electron chi connectivity index (χ4n) is 2.04. The molecule has 4 nitrogen and oxygen atoms in total. The summed E-state index contributed by atoms with van der Waals surface area (Å²) in [6, 6.07) is 10.2. The van der Waals surface area contributed by atoms with Crippen LogP contribution < -0.4 is 10.6 Å². The Bertz CT molecular complexity index is 578. The van der Waals surface area contributed by atoms with Gasteiger partial charge < -0.3 is 10.6 Å². The van der Waals surface area contributed by atoms with Gasteiger partial charge in [0, 0.05) is 24.7 Å². The molecule has 0 aliphatic rings. The van der Waals surface area contributed by atoms with Gasteiger partial charge in [0.25, 0.3) is 0 Å². The third-order valence-corrected chi connectivity index (χ3v) is 3.03. The summed E-state index contributed by atoms with van der Waals surface area (Å²) in [4.78, 5) is 9.01. The third kappa shape index (κ3) is 5.15. The molecular formula is C16H23IN4. The minimum atomic E-state index is 0. The van der Waals surface area contributed by atoms with Gasteiger partial charge in [-0.3, -0.25) is 4.98 Å². The number of fused-ring (bicyclic) bond motifs is 1. The lowest BCUT2D eigenvalue weighted by Crippen LogP contribution is -2.37. The highest BCUT2D eigenvalue weighted by atomic mass is 127. The van der Waals surface area contributed by atoms with Gasteiger partial charge in [0.1, 0.15) is 0 Å². The molecule has 0 fully saturated rings. The van der Waals surface area contributed by atoms with Crippen molar-refractivity contribution >= 4 is 40.8 Å². The average molecular weight is 398 g/mol. The first-order valence-corrected chi connectivity index (χ1v) is 7.20. The number of hydrogen-bond acceptors (Lipinski definition) is 2. The van der Waals surface area contributed by atoms with Gasteiger partial charge in [-0.15, -0.1) is 24.0 Å². The summed E-state index contributed by atoms with van der Waals surface area (Å²) in [6.45, 7) is 6.68. The fourth-order valence-corrected chi connectivity index (χ4v) is 2.04. The van der Waals surface area contributed by atoms with Crippen LogP contribution in [0.2, 0.25) is 0 Å². The van der Waals surface area contributed by atoms with E-state index in [0.29, 0.717) is 6.54 Å². The van der Waals surface area contributed by atoms with Gasteiger partial charge >= 0.3 is 0 Å². The number of pyridine rings is 1. The molecule has 0 aliphatic heterocycles. The van der Waals surface area contributed by atoms with Gasteiger partial charge in [0.15, 0.2) is 5.96 Å². The summed E-state index contributed by atoms with van der Waals surface area (Å²) in [7, 11) is 0. The predicted octanol–water partition coefficient (Wildman–Crippen LogP) is 3.32. The molecule has 1 aromatic carbocycles. The number of guanidine groups is 1. The Morgan fingerprint density at radius 3 is 2.71 bits per heavy atom. The van der Waals surface area contributed by atoms with Crippen LogP contribution in [-0.2, 0) is 6.54 Å². The normalized spacial score (nSPS) is 11.0. The number of benzene rings is 1. The van der Waals surface area contributed by atoms with Crippen LogP contribution >= 0.6 is 24.0 Å². The Hall–Kier alpha value is -1.37. The van der Waals surface area contributed by atoms with E-state index >= 15 is 0 Å². The number of para-hydroxylation sites is 1. The molecule has 0 spiro atoms. The SMILES string of the molecule is CCCNC(=NCc1ccnc2ccccc12)NCC.I. The maximum atomic E-state index is 4.64. The lowest BCUT2D eigenvalue weighted by atomic mass is 10.1. The van der Waals surface area contributed by atoms with Crippen molar-refractivity contribution in [3.8, 4) is 0 Å². The van der Waals surface area contributed by atoms with Crippen LogP contribution in [0.3, 0.4) is 0 Å². The molecule has 2 rings (SSSR count). The molecule has 1 heterocycles. The van der Waals surface area contributed by atoms with E-state index in [4.69, 9.17) is 0 Å². The lowest BCUT2D eigenvalue weighted by molar-refractivity contribution is 0.786. The maximum absolute atomic E-state index is 4.64. The summed E-state index contributed by atoms with van der Waals surface area (Å²) < 4.78 is 0. The largest absolute Gasteiger partial charge is 0.357 e. The minimum absolute atomic E-state index is 0. The molecule has 0 saturated carbocycles. The fraction of sp³-hybridized carbons (Fsp3) is 0.375. The number of hydrogen-bond donors (Lipinski definition) is 2. The topological polar surface area (TPSA) is 49.3 Å². The molecule has 0 amide bonds. The maximum Gasteiger partial charge on any atom is 0.191 e. The van der Waals surface area contributed by atoms with Crippen LogP contribution in [0.4, 0.5) is 0 Å². The Kier molecular flexibility index (Phi) is 8.04. The van der Waals surface area contributed by atoms with Crippen molar-refractivity contribution in [2.75, 3.05) is 13.1 Å². The summed E-state index contributed by atoms with van der Waals surface area (Å²) in [5.41, 5.74) is 2.22. The molecular weight excluding hydrogens is 375 g/mol. The standard InChI is InChI=1S/C16H22N4.HI/c1-3-10-19-16(17-4-2)20-12-13-9-11-18-15-8-6-5-7-14(13)15;/h5-9,11H,3-4,10,12H2,1-2H3,(H2,17,19,20);1H. The molecule has 0 radical (unpaired) electrons. The van der Waals surface area contributed by atoms with E-state index in [1.807, 2.05) is 30.5 Å². The van der Waals surface area contributed by atoms with Gasteiger partial charge in [0.05, 0.1) is 12.1 Å². The Balaban J connectivity index is 0.00000220. The number of halogens is 1. The number of aliphatic imine (C=N–C) groups is 1. The van der Waals surface area contributed by atoms with Gasteiger partial charge in [-0.25, -0.2) is 4.99 Å². The zero-order valence-corrected chi connectivity index (χ0v) is 14.9. The van der Waals surface area contributed by atoms with Crippen molar-refractivity contribution < 1.29 is 0 Å². The Labute approximate surface area is 143 Å². The second-order valence-electron chi connectivity index (χ2n) is 4.61. The Morgan fingerprint density at radius 1 is 1.14 bits per heavy atom. The zero-order chi connectivity index (χ0) is 14.2. The van der Waals surface area contributed by atoms with Crippen molar-refractivity contribution in [1.29, 1.82) is 0 Å². The van der Waals surface area contributed by atoms with E-state index in [1.54, 1.807) is 0 Å². The molecule has 0 saturated heterocycles. The Morgan fingerprint density at radius 2 is 1.95 bits per heavy atom. The number of nitrogens with zero attached hydrogens (tertiary/aromatic N) is 2. The lowest BCUT2D eigenvalue weighted by Gasteiger charge is -2.10. The molecule has 2 N–H and O–H groups in total. The van der Waals surface area contributed by atoms with E-state index in [0.717, 1.165) is 31.0 Å².